The lowest BCUT2D eigenvalue weighted by Crippen LogP contribution is -2.15. The Labute approximate surface area is 455 Å². The van der Waals surface area contributed by atoms with Crippen LogP contribution in [0.15, 0.2) is 100 Å². The van der Waals surface area contributed by atoms with Crippen molar-refractivity contribution < 1.29 is 37.9 Å². The zero-order valence-corrected chi connectivity index (χ0v) is 46.2. The number of hydrogen-bond donors (Lipinski definition) is 5. The predicted molar refractivity (Wildman–Crippen MR) is 300 cm³/mol. The number of benzene rings is 5. The Bertz CT molecular complexity index is 4110. The fraction of sp³-hybridized carbons (Fsp3) is 0.200. The van der Waals surface area contributed by atoms with Gasteiger partial charge in [-0.05, 0) is 137 Å². The van der Waals surface area contributed by atoms with Crippen LogP contribution in [0.5, 0.6) is 0 Å². The van der Waals surface area contributed by atoms with Crippen molar-refractivity contribution in [3.05, 3.63) is 152 Å². The van der Waals surface area contributed by atoms with Crippen LogP contribution in [0.4, 0.5) is 45.3 Å². The van der Waals surface area contributed by atoms with Crippen LogP contribution in [0.3, 0.4) is 0 Å². The van der Waals surface area contributed by atoms with E-state index in [1.807, 2.05) is 80.2 Å². The van der Waals surface area contributed by atoms with Crippen molar-refractivity contribution in [3.8, 4) is 11.2 Å². The number of sulfonamides is 1. The summed E-state index contributed by atoms with van der Waals surface area (Å²) in [5, 5.41) is 49.0. The molecule has 5 aromatic carbocycles. The second-order valence-electron chi connectivity index (χ2n) is 19.7. The fourth-order valence-corrected chi connectivity index (χ4v) is 12.3. The Morgan fingerprint density at radius 2 is 1.35 bits per heavy atom. The number of carboxylic acids is 2. The van der Waals surface area contributed by atoms with E-state index in [1.165, 1.54) is 34.2 Å². The van der Waals surface area contributed by atoms with Gasteiger partial charge in [-0.1, -0.05) is 78.8 Å². The molecule has 0 amide bonds. The monoisotopic (exact) mass is 1100 g/mol. The first-order chi connectivity index (χ1) is 36.8. The number of aromatic nitrogens is 5. The van der Waals surface area contributed by atoms with E-state index in [-0.39, 0.29) is 32.7 Å². The molecule has 0 saturated carbocycles. The predicted octanol–water partition coefficient (Wildman–Crippen LogP) is 12.7. The summed E-state index contributed by atoms with van der Waals surface area (Å²) in [6, 6.07) is 24.6. The molecule has 0 atom stereocenters. The van der Waals surface area contributed by atoms with Gasteiger partial charge >= 0.3 is 17.9 Å². The number of nitrogens with zero attached hydrogens (tertiary/aromatic N) is 9. The molecule has 0 radical (unpaired) electrons. The molecule has 0 fully saturated rings. The lowest BCUT2D eigenvalue weighted by molar-refractivity contribution is 0.0502. The zero-order valence-electron chi connectivity index (χ0n) is 43.8. The Hall–Kier alpha value is -8.95. The number of thiazole rings is 2. The lowest BCUT2D eigenvalue weighted by Gasteiger charge is -2.27. The molecule has 9 aromatic rings. The standard InChI is InChI=1S/C55H50N12O8S3/c1-26-15-28(3)44(29(4)16-26)61-48-45(30(5)19-43(60-48)66(46-31(6)17-27(2)18-32(46)7)53-58-39-13-11-33(52(72)75-57)23-41(39)76-53)62-63-49-38(25-56)47(55(8,9)10)64-67(49)54-59-40-14-12-37(24-42(40)77-54)78(73,74)65-36-21-34(50(68)69)20-35(22-36)51(70)71/h11-24,65H,57H2,1-10H3,(H,60,61)(H,68,69)(H,70,71). The van der Waals surface area contributed by atoms with Crippen LogP contribution in [-0.4, -0.2) is 61.3 Å². The van der Waals surface area contributed by atoms with Gasteiger partial charge in [0.25, 0.3) is 10.0 Å². The quantitative estimate of drug-likeness (QED) is 0.0499. The summed E-state index contributed by atoms with van der Waals surface area (Å²) < 4.78 is 32.3. The van der Waals surface area contributed by atoms with E-state index in [0.717, 1.165) is 74.3 Å². The van der Waals surface area contributed by atoms with Crippen molar-refractivity contribution in [2.45, 2.75) is 79.5 Å². The molecule has 23 heteroatoms. The topological polar surface area (TPSA) is 293 Å². The molecule has 0 aliphatic rings. The van der Waals surface area contributed by atoms with Gasteiger partial charge in [0.1, 0.15) is 23.1 Å². The van der Waals surface area contributed by atoms with Crippen LogP contribution in [0, 0.1) is 59.8 Å². The molecule has 4 aromatic heterocycles. The van der Waals surface area contributed by atoms with Crippen LogP contribution in [0.1, 0.15) is 102 Å². The van der Waals surface area contributed by atoms with E-state index >= 15 is 0 Å². The van der Waals surface area contributed by atoms with E-state index in [2.05, 4.69) is 45.2 Å². The summed E-state index contributed by atoms with van der Waals surface area (Å²) in [5.74, 6) is 2.52. The highest BCUT2D eigenvalue weighted by atomic mass is 32.2. The number of rotatable bonds is 14. The van der Waals surface area contributed by atoms with Gasteiger partial charge in [0.15, 0.2) is 16.8 Å². The first kappa shape index (κ1) is 53.9. The molecule has 396 valence electrons. The lowest BCUT2D eigenvalue weighted by atomic mass is 9.90. The number of pyridine rings is 1. The molecule has 4 heterocycles. The van der Waals surface area contributed by atoms with Gasteiger partial charge in [-0.2, -0.15) is 20.9 Å². The van der Waals surface area contributed by atoms with Crippen molar-refractivity contribution >= 4 is 116 Å². The minimum Gasteiger partial charge on any atom is -0.478 e. The third-order valence-electron chi connectivity index (χ3n) is 12.5. The first-order valence-corrected chi connectivity index (χ1v) is 27.0. The van der Waals surface area contributed by atoms with Crippen molar-refractivity contribution in [1.82, 2.24) is 24.7 Å². The Morgan fingerprint density at radius 1 is 0.744 bits per heavy atom. The third kappa shape index (κ3) is 10.5. The van der Waals surface area contributed by atoms with E-state index < -0.39 is 44.5 Å². The molecule has 78 heavy (non-hydrogen) atoms. The Kier molecular flexibility index (Phi) is 14.2. The molecule has 0 saturated heterocycles. The molecular formula is C55H50N12O8S3. The summed E-state index contributed by atoms with van der Waals surface area (Å²) in [7, 11) is -4.41. The maximum absolute atomic E-state index is 13.8. The molecule has 9 rings (SSSR count). The van der Waals surface area contributed by atoms with Crippen LogP contribution in [-0.2, 0) is 20.3 Å². The highest BCUT2D eigenvalue weighted by Crippen LogP contribution is 2.46. The molecular weight excluding hydrogens is 1050 g/mol. The molecule has 6 N–H and O–H groups in total. The molecule has 0 unspecified atom stereocenters. The molecule has 20 nitrogen and oxygen atoms in total. The van der Waals surface area contributed by atoms with Gasteiger partial charge < -0.3 is 20.4 Å². The van der Waals surface area contributed by atoms with Crippen LogP contribution in [0.25, 0.3) is 25.6 Å². The summed E-state index contributed by atoms with van der Waals surface area (Å²) in [5.41, 5.74) is 8.54. The number of carbonyl (C=O) groups excluding carboxylic acids is 1. The minimum absolute atomic E-state index is 0.0422. The van der Waals surface area contributed by atoms with Gasteiger partial charge in [0.05, 0.1) is 59.1 Å². The highest BCUT2D eigenvalue weighted by Gasteiger charge is 2.31. The third-order valence-corrected chi connectivity index (χ3v) is 15.9. The van der Waals surface area contributed by atoms with Crippen LogP contribution in [0.2, 0.25) is 0 Å². The normalized spacial score (nSPS) is 11.8. The molecule has 0 aliphatic heterocycles. The Balaban J connectivity index is 1.19. The zero-order chi connectivity index (χ0) is 56.3. The second kappa shape index (κ2) is 20.5. The van der Waals surface area contributed by atoms with E-state index in [9.17, 15) is 38.3 Å². The van der Waals surface area contributed by atoms with Gasteiger partial charge in [-0.3, -0.25) is 9.62 Å². The number of aryl methyl sites for hydroxylation is 7. The number of azo groups is 1. The number of hydrogen-bond acceptors (Lipinski definition) is 18. The largest absolute Gasteiger partial charge is 0.478 e. The van der Waals surface area contributed by atoms with Gasteiger partial charge in [0.2, 0.25) is 5.13 Å². The maximum Gasteiger partial charge on any atom is 0.356 e. The smallest absolute Gasteiger partial charge is 0.356 e. The van der Waals surface area contributed by atoms with Crippen molar-refractivity contribution in [2.24, 2.45) is 16.1 Å². The average molecular weight is 1100 g/mol. The molecule has 0 spiro atoms. The van der Waals surface area contributed by atoms with Gasteiger partial charge in [-0.25, -0.2) is 37.8 Å². The van der Waals surface area contributed by atoms with E-state index in [0.29, 0.717) is 54.1 Å². The number of fused-ring (bicyclic) bond motifs is 2. The minimum atomic E-state index is -4.41. The summed E-state index contributed by atoms with van der Waals surface area (Å²) in [6.07, 6.45) is 0. The maximum atomic E-state index is 13.8. The van der Waals surface area contributed by atoms with E-state index in [1.54, 1.807) is 18.2 Å². The SMILES string of the molecule is Cc1cc(C)c(Nc2nc(N(c3nc4ccc(C(=O)ON)cc4s3)c3c(C)cc(C)cc3C)cc(C)c2N=Nc2c(C#N)c(C(C)(C)C)nn2-c2nc3ccc(S(=O)(=O)Nc4cc(C(=O)O)cc(C(=O)O)c4)cc3s2)c(C)c1. The number of aromatic carboxylic acids is 2. The van der Waals surface area contributed by atoms with Crippen molar-refractivity contribution in [3.63, 3.8) is 0 Å². The number of anilines is 6. The van der Waals surface area contributed by atoms with Crippen LogP contribution < -0.4 is 20.8 Å². The number of nitrogens with one attached hydrogen (secondary N) is 2. The van der Waals surface area contributed by atoms with Crippen molar-refractivity contribution in [1.29, 1.82) is 5.26 Å². The number of nitrogens with two attached hydrogens (primary N) is 1. The Morgan fingerprint density at radius 3 is 1.95 bits per heavy atom. The summed E-state index contributed by atoms with van der Waals surface area (Å²) in [6.45, 7) is 19.7. The second-order valence-corrected chi connectivity index (χ2v) is 23.4. The van der Waals surface area contributed by atoms with Crippen LogP contribution >= 0.6 is 22.7 Å². The first-order valence-electron chi connectivity index (χ1n) is 23.9. The summed E-state index contributed by atoms with van der Waals surface area (Å²) in [4.78, 5) is 57.5. The highest BCUT2D eigenvalue weighted by molar-refractivity contribution is 7.92. The van der Waals surface area contributed by atoms with Gasteiger partial charge in [0, 0.05) is 11.1 Å². The number of nitriles is 1. The fourth-order valence-electron chi connectivity index (χ4n) is 9.17. The van der Waals surface area contributed by atoms with E-state index in [4.69, 9.17) is 36.2 Å². The van der Waals surface area contributed by atoms with Gasteiger partial charge in [-0.15, -0.1) is 10.2 Å². The number of carbonyl (C=O) groups is 3. The average Bonchev–Trinajstić information content (AvgIpc) is 4.24. The molecule has 0 bridgehead atoms. The molecule has 0 aliphatic carbocycles. The van der Waals surface area contributed by atoms with Crippen molar-refractivity contribution in [2.75, 3.05) is 14.9 Å². The number of carboxylic acid groups (broad SMARTS) is 2. The summed E-state index contributed by atoms with van der Waals surface area (Å²) >= 11 is 2.42.